The first kappa shape index (κ1) is 26.4. The lowest BCUT2D eigenvalue weighted by Gasteiger charge is -2.52. The Morgan fingerprint density at radius 3 is 2.24 bits per heavy atom. The molecule has 4 aromatic carbocycles. The van der Waals surface area contributed by atoms with Crippen LogP contribution >= 0.6 is 11.6 Å². The van der Waals surface area contributed by atoms with Crippen molar-refractivity contribution in [3.05, 3.63) is 135 Å². The van der Waals surface area contributed by atoms with Crippen LogP contribution in [0.5, 0.6) is 0 Å². The van der Waals surface area contributed by atoms with E-state index in [2.05, 4.69) is 10.5 Å². The molecule has 208 valence electrons. The maximum atomic E-state index is 14.5. The van der Waals surface area contributed by atoms with Gasteiger partial charge in [-0.05, 0) is 58.9 Å². The molecule has 0 radical (unpaired) electrons. The summed E-state index contributed by atoms with van der Waals surface area (Å²) < 4.78 is 0. The first-order chi connectivity index (χ1) is 20.4. The zero-order valence-electron chi connectivity index (χ0n) is 23.0. The highest BCUT2D eigenvalue weighted by Crippen LogP contribution is 2.63. The van der Waals surface area contributed by atoms with Crippen LogP contribution in [0.2, 0.25) is 5.02 Å². The number of carbonyl (C=O) groups is 3. The Kier molecular flexibility index (Phi) is 6.32. The first-order valence-electron chi connectivity index (χ1n) is 14.1. The van der Waals surface area contributed by atoms with E-state index in [0.717, 1.165) is 33.4 Å². The van der Waals surface area contributed by atoms with Gasteiger partial charge in [0.05, 0.1) is 22.9 Å². The number of nitrogens with one attached hydrogen (secondary N) is 1. The number of benzene rings is 4. The van der Waals surface area contributed by atoms with Gasteiger partial charge in [-0.2, -0.15) is 5.10 Å². The van der Waals surface area contributed by atoms with Gasteiger partial charge in [-0.1, -0.05) is 96.5 Å². The number of amides is 3. The number of hydrogen-bond donors (Lipinski definition) is 1. The molecule has 1 N–H and O–H groups in total. The van der Waals surface area contributed by atoms with Crippen LogP contribution in [0, 0.1) is 18.8 Å². The molecule has 42 heavy (non-hydrogen) atoms. The van der Waals surface area contributed by atoms with Gasteiger partial charge in [0.1, 0.15) is 0 Å². The molecule has 4 aliphatic rings. The van der Waals surface area contributed by atoms with Crippen LogP contribution in [0.25, 0.3) is 0 Å². The fourth-order valence-electron chi connectivity index (χ4n) is 7.28. The molecule has 8 rings (SSSR count). The molecule has 0 unspecified atom stereocenters. The van der Waals surface area contributed by atoms with E-state index in [-0.39, 0.29) is 30.1 Å². The third-order valence-corrected chi connectivity index (χ3v) is 9.27. The van der Waals surface area contributed by atoms with Gasteiger partial charge in [0.15, 0.2) is 0 Å². The summed E-state index contributed by atoms with van der Waals surface area (Å²) in [6, 6.07) is 31.0. The van der Waals surface area contributed by atoms with E-state index in [1.807, 2.05) is 91.9 Å². The normalized spacial score (nSPS) is 23.6. The van der Waals surface area contributed by atoms with Gasteiger partial charge >= 0.3 is 0 Å². The van der Waals surface area contributed by atoms with Crippen molar-refractivity contribution in [3.8, 4) is 0 Å². The summed E-state index contributed by atoms with van der Waals surface area (Å²) in [6.45, 7) is 1.87. The van der Waals surface area contributed by atoms with Crippen molar-refractivity contribution in [3.63, 3.8) is 0 Å². The van der Waals surface area contributed by atoms with Crippen molar-refractivity contribution in [2.24, 2.45) is 16.9 Å². The zero-order chi connectivity index (χ0) is 29.0. The zero-order valence-corrected chi connectivity index (χ0v) is 23.7. The van der Waals surface area contributed by atoms with Crippen LogP contribution in [-0.2, 0) is 26.2 Å². The summed E-state index contributed by atoms with van der Waals surface area (Å²) >= 11 is 6.34. The van der Waals surface area contributed by atoms with Crippen LogP contribution < -0.4 is 10.3 Å². The molecule has 1 saturated heterocycles. The Bertz CT molecular complexity index is 1740. The van der Waals surface area contributed by atoms with E-state index in [1.54, 1.807) is 18.3 Å². The van der Waals surface area contributed by atoms with Gasteiger partial charge in [0.25, 0.3) is 0 Å². The van der Waals surface area contributed by atoms with Gasteiger partial charge < -0.3 is 0 Å². The van der Waals surface area contributed by atoms with Gasteiger partial charge in [-0.15, -0.1) is 0 Å². The monoisotopic (exact) mass is 573 g/mol. The second-order valence-corrected chi connectivity index (χ2v) is 11.7. The number of imide groups is 1. The van der Waals surface area contributed by atoms with Gasteiger partial charge in [0.2, 0.25) is 17.7 Å². The fraction of sp³-hybridized carbons (Fsp3) is 0.200. The van der Waals surface area contributed by atoms with Crippen molar-refractivity contribution < 1.29 is 14.4 Å². The molecule has 0 spiro atoms. The smallest absolute Gasteiger partial charge is 0.240 e. The number of hydrazone groups is 1. The molecule has 1 aliphatic heterocycles. The first-order valence-corrected chi connectivity index (χ1v) is 14.5. The van der Waals surface area contributed by atoms with E-state index in [4.69, 9.17) is 11.6 Å². The molecule has 4 aromatic rings. The Hall–Kier alpha value is -4.55. The van der Waals surface area contributed by atoms with Crippen molar-refractivity contribution in [2.75, 3.05) is 4.90 Å². The third-order valence-electron chi connectivity index (χ3n) is 9.04. The highest BCUT2D eigenvalue weighted by molar-refractivity contribution is 6.31. The molecule has 2 atom stereocenters. The summed E-state index contributed by atoms with van der Waals surface area (Å²) in [5.74, 6) is -2.39. The van der Waals surface area contributed by atoms with Crippen molar-refractivity contribution >= 4 is 41.2 Å². The lowest BCUT2D eigenvalue weighted by molar-refractivity contribution is -0.123. The predicted molar refractivity (Wildman–Crippen MR) is 163 cm³/mol. The number of nitrogens with zero attached hydrogens (tertiary/aromatic N) is 2. The summed E-state index contributed by atoms with van der Waals surface area (Å²) in [5, 5.41) is 4.95. The van der Waals surface area contributed by atoms with Crippen LogP contribution in [0.1, 0.15) is 45.7 Å². The number of halogens is 1. The predicted octanol–water partition coefficient (Wildman–Crippen LogP) is 5.93. The standard InChI is InChI=1S/C35H28ClN3O3/c1-21-15-17-23(36)19-28(21)39-33(41)31-30-24-11-5-7-13-26(24)35(32(31)34(39)42,27-14-8-6-12-25(27)30)20-37-38-29(40)18-16-22-9-3-2-4-10-22/h2-15,17,19-20,30-32H,16,18H2,1H3,(H,38,40)/b37-20-/t30?,31-,32-,35?/m1/s1. The molecular weight excluding hydrogens is 546 g/mol. The lowest BCUT2D eigenvalue weighted by atomic mass is 9.47. The van der Waals surface area contributed by atoms with Crippen LogP contribution in [0.15, 0.2) is 102 Å². The topological polar surface area (TPSA) is 78.8 Å². The highest BCUT2D eigenvalue weighted by atomic mass is 35.5. The molecular formula is C35H28ClN3O3. The highest BCUT2D eigenvalue weighted by Gasteiger charge is 2.68. The minimum atomic E-state index is -1.05. The van der Waals surface area contributed by atoms with Gasteiger partial charge in [-0.3, -0.25) is 14.4 Å². The largest absolute Gasteiger partial charge is 0.274 e. The molecule has 1 heterocycles. The maximum Gasteiger partial charge on any atom is 0.240 e. The van der Waals surface area contributed by atoms with E-state index < -0.39 is 17.3 Å². The SMILES string of the molecule is Cc1ccc(Cl)cc1N1C(=O)[C@@H]2C3c4ccccc4C(/C=N\NC(=O)CCc4ccccc4)(c4ccccc43)[C@H]2C1=O. The minimum absolute atomic E-state index is 0.223. The summed E-state index contributed by atoms with van der Waals surface area (Å²) in [7, 11) is 0. The average molecular weight is 574 g/mol. The molecule has 2 bridgehead atoms. The summed E-state index contributed by atoms with van der Waals surface area (Å²) in [6.07, 6.45) is 2.55. The summed E-state index contributed by atoms with van der Waals surface area (Å²) in [5.41, 5.74) is 7.89. The van der Waals surface area contributed by atoms with Crippen molar-refractivity contribution in [2.45, 2.75) is 31.1 Å². The van der Waals surface area contributed by atoms with Crippen molar-refractivity contribution in [1.29, 1.82) is 0 Å². The number of carbonyl (C=O) groups excluding carboxylic acids is 3. The molecule has 3 amide bonds. The molecule has 0 aromatic heterocycles. The number of hydrogen-bond acceptors (Lipinski definition) is 4. The van der Waals surface area contributed by atoms with E-state index in [1.165, 1.54) is 4.90 Å². The molecule has 7 heteroatoms. The molecule has 0 saturated carbocycles. The minimum Gasteiger partial charge on any atom is -0.274 e. The number of aryl methyl sites for hydroxylation is 2. The van der Waals surface area contributed by atoms with E-state index >= 15 is 0 Å². The van der Waals surface area contributed by atoms with Gasteiger partial charge in [-0.25, -0.2) is 10.3 Å². The van der Waals surface area contributed by atoms with E-state index in [9.17, 15) is 14.4 Å². The fourth-order valence-corrected chi connectivity index (χ4v) is 7.44. The Morgan fingerprint density at radius 2 is 1.55 bits per heavy atom. The Balaban J connectivity index is 1.33. The average Bonchev–Trinajstić information content (AvgIpc) is 3.28. The van der Waals surface area contributed by atoms with Crippen LogP contribution in [0.3, 0.4) is 0 Å². The maximum absolute atomic E-state index is 14.5. The van der Waals surface area contributed by atoms with Crippen LogP contribution in [-0.4, -0.2) is 23.9 Å². The van der Waals surface area contributed by atoms with Gasteiger partial charge in [0, 0.05) is 23.6 Å². The van der Waals surface area contributed by atoms with Crippen molar-refractivity contribution in [1.82, 2.24) is 5.43 Å². The second kappa shape index (κ2) is 10.1. The lowest BCUT2D eigenvalue weighted by Crippen LogP contribution is -2.54. The molecule has 3 aliphatic carbocycles. The number of anilines is 1. The second-order valence-electron chi connectivity index (χ2n) is 11.2. The third kappa shape index (κ3) is 3.86. The van der Waals surface area contributed by atoms with Crippen LogP contribution in [0.4, 0.5) is 5.69 Å². The summed E-state index contributed by atoms with van der Waals surface area (Å²) in [4.78, 5) is 43.0. The quantitative estimate of drug-likeness (QED) is 0.176. The van der Waals surface area contributed by atoms with E-state index in [0.29, 0.717) is 17.1 Å². The Morgan fingerprint density at radius 1 is 0.905 bits per heavy atom. The molecule has 1 fully saturated rings. The number of rotatable bonds is 6. The molecule has 6 nitrogen and oxygen atoms in total. The Labute approximate surface area is 249 Å².